The molecule has 0 radical (unpaired) electrons. The van der Waals surface area contributed by atoms with Gasteiger partial charge in [-0.2, -0.15) is 0 Å². The molecule has 190 valence electrons. The zero-order valence-electron chi connectivity index (χ0n) is 22.1. The lowest BCUT2D eigenvalue weighted by atomic mass is 9.73. The number of carbonyl (C=O) groups excluding carboxylic acids is 2. The van der Waals surface area contributed by atoms with Crippen LogP contribution >= 0.6 is 0 Å². The van der Waals surface area contributed by atoms with Gasteiger partial charge in [0, 0.05) is 47.6 Å². The van der Waals surface area contributed by atoms with Gasteiger partial charge in [-0.25, -0.2) is 0 Å². The van der Waals surface area contributed by atoms with Gasteiger partial charge in [-0.15, -0.1) is 0 Å². The number of rotatable bonds is 6. The van der Waals surface area contributed by atoms with Crippen molar-refractivity contribution in [2.75, 3.05) is 28.6 Å². The first-order valence-corrected chi connectivity index (χ1v) is 13.2. The number of Topliss-reactive ketones (excluding diaryl/α,β-unsaturated/α-hetero) is 1. The van der Waals surface area contributed by atoms with Crippen LogP contribution in [-0.4, -0.2) is 24.7 Å². The molecule has 1 aliphatic heterocycles. The lowest BCUT2D eigenvalue weighted by Crippen LogP contribution is -2.31. The van der Waals surface area contributed by atoms with Crippen LogP contribution in [0.3, 0.4) is 0 Å². The molecular formula is C32H35N3O2. The number of benzene rings is 3. The molecule has 1 unspecified atom stereocenters. The van der Waals surface area contributed by atoms with Crippen molar-refractivity contribution in [1.29, 1.82) is 0 Å². The summed E-state index contributed by atoms with van der Waals surface area (Å²) in [6.45, 7) is 10.5. The number of hydrogen-bond acceptors (Lipinski definition) is 5. The number of nitrogens with one attached hydrogen (secondary N) is 2. The van der Waals surface area contributed by atoms with Crippen molar-refractivity contribution in [1.82, 2.24) is 0 Å². The Balaban J connectivity index is 1.57. The zero-order chi connectivity index (χ0) is 26.2. The average Bonchev–Trinajstić information content (AvgIpc) is 3.05. The molecule has 5 heteroatoms. The van der Waals surface area contributed by atoms with Crippen LogP contribution in [0.1, 0.15) is 68.1 Å². The summed E-state index contributed by atoms with van der Waals surface area (Å²) in [7, 11) is 0. The number of ketones is 2. The smallest absolute Gasteiger partial charge is 0.193 e. The molecule has 2 aliphatic rings. The van der Waals surface area contributed by atoms with E-state index in [-0.39, 0.29) is 23.0 Å². The first-order chi connectivity index (χ1) is 17.8. The Morgan fingerprint density at radius 3 is 2.27 bits per heavy atom. The number of nitrogens with zero attached hydrogens (tertiary/aromatic N) is 1. The average molecular weight is 494 g/mol. The second-order valence-electron chi connectivity index (χ2n) is 10.8. The van der Waals surface area contributed by atoms with Crippen LogP contribution in [0.5, 0.6) is 0 Å². The molecule has 37 heavy (non-hydrogen) atoms. The van der Waals surface area contributed by atoms with E-state index in [4.69, 9.17) is 0 Å². The van der Waals surface area contributed by atoms with E-state index in [1.54, 1.807) is 0 Å². The Kier molecular flexibility index (Phi) is 6.63. The number of fused-ring (bicyclic) bond motifs is 1. The normalized spacial score (nSPS) is 18.2. The highest BCUT2D eigenvalue weighted by molar-refractivity contribution is 6.10. The van der Waals surface area contributed by atoms with Crippen LogP contribution in [0.15, 0.2) is 84.1 Å². The van der Waals surface area contributed by atoms with Crippen molar-refractivity contribution in [3.63, 3.8) is 0 Å². The molecule has 0 saturated carbocycles. The SMILES string of the molecule is CCN(CC)c1ccc(C2Nc3cc(C(=O)c4ccccc4)ccc3NC3=C2C(=O)CC(C)(C)C3)cc1. The third kappa shape index (κ3) is 4.91. The van der Waals surface area contributed by atoms with Gasteiger partial charge < -0.3 is 15.5 Å². The molecule has 3 aromatic rings. The van der Waals surface area contributed by atoms with Gasteiger partial charge in [0.1, 0.15) is 0 Å². The second kappa shape index (κ2) is 9.89. The maximum absolute atomic E-state index is 13.6. The molecule has 2 N–H and O–H groups in total. The number of anilines is 3. The standard InChI is InChI=1S/C32H35N3O2/c1-5-35(6-2)24-15-12-21(13-16-24)30-29-27(19-32(3,4)20-28(29)36)33-25-17-14-23(18-26(25)34-30)31(37)22-10-8-7-9-11-22/h7-18,30,33-34H,5-6,19-20H2,1-4H3. The van der Waals surface area contributed by atoms with E-state index in [1.807, 2.05) is 48.5 Å². The molecule has 0 bridgehead atoms. The lowest BCUT2D eigenvalue weighted by Gasteiger charge is -2.34. The summed E-state index contributed by atoms with van der Waals surface area (Å²) >= 11 is 0. The minimum absolute atomic E-state index is 0.0236. The van der Waals surface area contributed by atoms with Crippen LogP contribution < -0.4 is 15.5 Å². The van der Waals surface area contributed by atoms with Crippen molar-refractivity contribution < 1.29 is 9.59 Å². The maximum Gasteiger partial charge on any atom is 0.193 e. The summed E-state index contributed by atoms with van der Waals surface area (Å²) in [6.07, 6.45) is 1.30. The Morgan fingerprint density at radius 2 is 1.59 bits per heavy atom. The highest BCUT2D eigenvalue weighted by Gasteiger charge is 2.38. The summed E-state index contributed by atoms with van der Waals surface area (Å²) in [5.74, 6) is 0.141. The Morgan fingerprint density at radius 1 is 0.892 bits per heavy atom. The number of carbonyl (C=O) groups is 2. The number of hydrogen-bond donors (Lipinski definition) is 2. The minimum Gasteiger partial charge on any atom is -0.372 e. The molecule has 5 nitrogen and oxygen atoms in total. The first kappa shape index (κ1) is 24.8. The molecule has 1 atom stereocenters. The third-order valence-corrected chi connectivity index (χ3v) is 7.47. The van der Waals surface area contributed by atoms with Gasteiger partial charge in [0.05, 0.1) is 17.4 Å². The van der Waals surface area contributed by atoms with Gasteiger partial charge >= 0.3 is 0 Å². The fourth-order valence-electron chi connectivity index (χ4n) is 5.56. The van der Waals surface area contributed by atoms with Crippen molar-refractivity contribution in [2.24, 2.45) is 5.41 Å². The van der Waals surface area contributed by atoms with Crippen LogP contribution in [0.25, 0.3) is 0 Å². The molecule has 1 heterocycles. The van der Waals surface area contributed by atoms with E-state index >= 15 is 0 Å². The summed E-state index contributed by atoms with van der Waals surface area (Å²) in [4.78, 5) is 29.1. The first-order valence-electron chi connectivity index (χ1n) is 13.2. The highest BCUT2D eigenvalue weighted by atomic mass is 16.1. The second-order valence-corrected chi connectivity index (χ2v) is 10.8. The molecule has 1 aliphatic carbocycles. The Hall–Kier alpha value is -3.86. The van der Waals surface area contributed by atoms with Gasteiger partial charge in [-0.1, -0.05) is 56.3 Å². The molecule has 3 aromatic carbocycles. The third-order valence-electron chi connectivity index (χ3n) is 7.47. The molecule has 0 saturated heterocycles. The zero-order valence-corrected chi connectivity index (χ0v) is 22.1. The number of allylic oxidation sites excluding steroid dienone is 1. The molecule has 0 amide bonds. The van der Waals surface area contributed by atoms with E-state index in [0.29, 0.717) is 17.5 Å². The van der Waals surface area contributed by atoms with Crippen molar-refractivity contribution in [3.05, 3.63) is 101 Å². The van der Waals surface area contributed by atoms with Crippen LogP contribution in [0.2, 0.25) is 0 Å². The van der Waals surface area contributed by atoms with Crippen LogP contribution in [0, 0.1) is 5.41 Å². The molecule has 0 spiro atoms. The van der Waals surface area contributed by atoms with Crippen LogP contribution in [-0.2, 0) is 4.79 Å². The predicted octanol–water partition coefficient (Wildman–Crippen LogP) is 6.99. The minimum atomic E-state index is -0.305. The van der Waals surface area contributed by atoms with E-state index in [2.05, 4.69) is 67.5 Å². The summed E-state index contributed by atoms with van der Waals surface area (Å²) in [5, 5.41) is 7.23. The quantitative estimate of drug-likeness (QED) is 0.363. The fourth-order valence-corrected chi connectivity index (χ4v) is 5.56. The molecular weight excluding hydrogens is 458 g/mol. The van der Waals surface area contributed by atoms with E-state index in [1.165, 1.54) is 5.69 Å². The predicted molar refractivity (Wildman–Crippen MR) is 151 cm³/mol. The fraction of sp³-hybridized carbons (Fsp3) is 0.312. The summed E-state index contributed by atoms with van der Waals surface area (Å²) in [5.41, 5.74) is 6.81. The Labute approximate surface area is 219 Å². The lowest BCUT2D eigenvalue weighted by molar-refractivity contribution is -0.118. The van der Waals surface area contributed by atoms with E-state index in [0.717, 1.165) is 47.7 Å². The van der Waals surface area contributed by atoms with E-state index in [9.17, 15) is 9.59 Å². The molecule has 5 rings (SSSR count). The van der Waals surface area contributed by atoms with Crippen LogP contribution in [0.4, 0.5) is 17.1 Å². The van der Waals surface area contributed by atoms with Gasteiger partial charge in [0.2, 0.25) is 0 Å². The summed E-state index contributed by atoms with van der Waals surface area (Å²) in [6, 6.07) is 23.2. The van der Waals surface area contributed by atoms with Crippen molar-refractivity contribution in [3.8, 4) is 0 Å². The maximum atomic E-state index is 13.6. The van der Waals surface area contributed by atoms with Gasteiger partial charge in [-0.05, 0) is 61.6 Å². The topological polar surface area (TPSA) is 61.4 Å². The van der Waals surface area contributed by atoms with Gasteiger partial charge in [-0.3, -0.25) is 9.59 Å². The Bertz CT molecular complexity index is 1350. The summed E-state index contributed by atoms with van der Waals surface area (Å²) < 4.78 is 0. The highest BCUT2D eigenvalue weighted by Crippen LogP contribution is 2.45. The largest absolute Gasteiger partial charge is 0.372 e. The monoisotopic (exact) mass is 493 g/mol. The van der Waals surface area contributed by atoms with Gasteiger partial charge in [0.25, 0.3) is 0 Å². The molecule has 0 fully saturated rings. The van der Waals surface area contributed by atoms with Crippen molar-refractivity contribution >= 4 is 28.6 Å². The van der Waals surface area contributed by atoms with E-state index < -0.39 is 0 Å². The van der Waals surface area contributed by atoms with Crippen molar-refractivity contribution in [2.45, 2.75) is 46.6 Å². The molecule has 0 aromatic heterocycles. The van der Waals surface area contributed by atoms with Gasteiger partial charge in [0.15, 0.2) is 11.6 Å².